The zero-order valence-corrected chi connectivity index (χ0v) is 36.6. The van der Waals surface area contributed by atoms with Gasteiger partial charge in [0.25, 0.3) is 0 Å². The summed E-state index contributed by atoms with van der Waals surface area (Å²) in [6.07, 6.45) is 5.34. The van der Waals surface area contributed by atoms with E-state index >= 15 is 0 Å². The maximum absolute atomic E-state index is 8.00. The molecule has 0 bridgehead atoms. The van der Waals surface area contributed by atoms with E-state index in [1.165, 1.54) is 33.4 Å². The minimum Gasteiger partial charge on any atom is -0.320 e. The fraction of sp³-hybridized carbons (Fsp3) is 0.378. The molecule has 6 aromatic rings. The standard InChI is InChI=1S/C45H53N5S4/c1-27-11-15-31(16-12-27)37-33(25-53-42-47-19-21-51-42)29(3)49-35(23-44(5,6)7)39(37)41(46)40-36(24-45(8,9)10)50-30(4)34(26-54-43-48-20-22-52-43)38(40)32-17-13-28(2)14-18-32/h11-22,41H,23-26,46H2,1-10H3. The molecular weight excluding hydrogens is 739 g/mol. The van der Waals surface area contributed by atoms with Gasteiger partial charge in [0.1, 0.15) is 8.68 Å². The molecule has 4 aromatic heterocycles. The Morgan fingerprint density at radius 3 is 1.28 bits per heavy atom. The first-order valence-corrected chi connectivity index (χ1v) is 22.3. The van der Waals surface area contributed by atoms with E-state index in [4.69, 9.17) is 15.7 Å². The van der Waals surface area contributed by atoms with E-state index in [0.29, 0.717) is 0 Å². The van der Waals surface area contributed by atoms with Gasteiger partial charge < -0.3 is 5.73 Å². The van der Waals surface area contributed by atoms with Crippen molar-refractivity contribution in [3.63, 3.8) is 0 Å². The van der Waals surface area contributed by atoms with Crippen LogP contribution in [0.15, 0.2) is 80.4 Å². The lowest BCUT2D eigenvalue weighted by atomic mass is 9.78. The maximum atomic E-state index is 8.00. The lowest BCUT2D eigenvalue weighted by Gasteiger charge is -2.32. The monoisotopic (exact) mass is 791 g/mol. The van der Waals surface area contributed by atoms with Crippen LogP contribution < -0.4 is 5.73 Å². The predicted octanol–water partition coefficient (Wildman–Crippen LogP) is 12.8. The van der Waals surface area contributed by atoms with Gasteiger partial charge in [-0.05, 0) is 84.7 Å². The quantitative estimate of drug-likeness (QED) is 0.124. The Bertz CT molecular complexity index is 2020. The molecule has 54 heavy (non-hydrogen) atoms. The van der Waals surface area contributed by atoms with Gasteiger partial charge in [-0.2, -0.15) is 0 Å². The van der Waals surface area contributed by atoms with Crippen molar-refractivity contribution in [1.29, 1.82) is 0 Å². The number of thiazole rings is 2. The summed E-state index contributed by atoms with van der Waals surface area (Å²) >= 11 is 6.89. The van der Waals surface area contributed by atoms with Gasteiger partial charge in [0.05, 0.1) is 6.04 Å². The number of benzene rings is 2. The summed E-state index contributed by atoms with van der Waals surface area (Å²) in [5.74, 6) is 1.49. The Kier molecular flexibility index (Phi) is 12.5. The van der Waals surface area contributed by atoms with Gasteiger partial charge in [-0.1, -0.05) is 125 Å². The molecule has 0 spiro atoms. The zero-order valence-electron chi connectivity index (χ0n) is 33.3. The highest BCUT2D eigenvalue weighted by molar-refractivity contribution is 8.00. The van der Waals surface area contributed by atoms with Crippen molar-refractivity contribution in [1.82, 2.24) is 19.9 Å². The van der Waals surface area contributed by atoms with E-state index in [0.717, 1.165) is 78.1 Å². The third-order valence-corrected chi connectivity index (χ3v) is 13.4. The summed E-state index contributed by atoms with van der Waals surface area (Å²) in [6, 6.07) is 17.4. The maximum Gasteiger partial charge on any atom is 0.150 e. The molecule has 2 aromatic carbocycles. The van der Waals surface area contributed by atoms with Gasteiger partial charge in [-0.25, -0.2) is 9.97 Å². The first-order valence-electron chi connectivity index (χ1n) is 18.6. The summed E-state index contributed by atoms with van der Waals surface area (Å²) < 4.78 is 2.10. The van der Waals surface area contributed by atoms with Crippen LogP contribution in [0.1, 0.15) is 104 Å². The minimum atomic E-state index is -0.499. The number of aryl methyl sites for hydroxylation is 4. The van der Waals surface area contributed by atoms with E-state index in [2.05, 4.69) is 128 Å². The van der Waals surface area contributed by atoms with Gasteiger partial charge in [0.2, 0.25) is 0 Å². The Hall–Kier alpha value is -3.34. The van der Waals surface area contributed by atoms with Gasteiger partial charge in [-0.15, -0.1) is 22.7 Å². The Morgan fingerprint density at radius 2 is 0.963 bits per heavy atom. The van der Waals surface area contributed by atoms with Crippen LogP contribution in [0.3, 0.4) is 0 Å². The summed E-state index contributed by atoms with van der Waals surface area (Å²) in [6.45, 7) is 22.4. The number of aromatic nitrogens is 4. The van der Waals surface area contributed by atoms with Crippen molar-refractivity contribution in [3.8, 4) is 22.3 Å². The van der Waals surface area contributed by atoms with Crippen molar-refractivity contribution in [3.05, 3.63) is 128 Å². The van der Waals surface area contributed by atoms with Crippen LogP contribution in [0, 0.1) is 38.5 Å². The molecule has 0 aliphatic rings. The molecule has 0 saturated heterocycles. The highest BCUT2D eigenvalue weighted by Gasteiger charge is 2.33. The van der Waals surface area contributed by atoms with E-state index in [9.17, 15) is 0 Å². The molecule has 0 saturated carbocycles. The highest BCUT2D eigenvalue weighted by Crippen LogP contribution is 2.46. The third kappa shape index (κ3) is 9.72. The third-order valence-electron chi connectivity index (χ3n) is 9.44. The average molecular weight is 792 g/mol. The highest BCUT2D eigenvalue weighted by atomic mass is 32.2. The molecule has 5 nitrogen and oxygen atoms in total. The number of nitrogens with zero attached hydrogens (tertiary/aromatic N) is 4. The number of nitrogens with two attached hydrogens (primary N) is 1. The predicted molar refractivity (Wildman–Crippen MR) is 234 cm³/mol. The second-order valence-corrected chi connectivity index (χ2v) is 20.9. The Morgan fingerprint density at radius 1 is 0.593 bits per heavy atom. The molecule has 282 valence electrons. The number of hydrogen-bond donors (Lipinski definition) is 1. The van der Waals surface area contributed by atoms with Gasteiger partial charge in [0, 0.05) is 68.6 Å². The van der Waals surface area contributed by atoms with Crippen LogP contribution in [-0.2, 0) is 24.3 Å². The Balaban J connectivity index is 1.70. The van der Waals surface area contributed by atoms with Crippen LogP contribution >= 0.6 is 46.2 Å². The molecule has 0 aliphatic carbocycles. The molecular formula is C45H53N5S4. The molecule has 9 heteroatoms. The molecule has 0 fully saturated rings. The lowest BCUT2D eigenvalue weighted by Crippen LogP contribution is -2.25. The second-order valence-electron chi connectivity index (χ2n) is 16.7. The largest absolute Gasteiger partial charge is 0.320 e. The topological polar surface area (TPSA) is 77.6 Å². The SMILES string of the molecule is Cc1ccc(-c2c(CSc3nccs3)c(C)nc(CC(C)(C)C)c2C(N)c2c(CC(C)(C)C)nc(C)c(CSc3nccs3)c2-c2ccc(C)cc2)cc1. The van der Waals surface area contributed by atoms with Crippen LogP contribution in [0.4, 0.5) is 0 Å². The van der Waals surface area contributed by atoms with E-state index in [1.54, 1.807) is 46.2 Å². The zero-order chi connectivity index (χ0) is 38.8. The van der Waals surface area contributed by atoms with E-state index in [-0.39, 0.29) is 10.8 Å². The van der Waals surface area contributed by atoms with Crippen molar-refractivity contribution in [2.75, 3.05) is 0 Å². The van der Waals surface area contributed by atoms with Gasteiger partial charge >= 0.3 is 0 Å². The van der Waals surface area contributed by atoms with Crippen LogP contribution in [0.2, 0.25) is 0 Å². The Labute approximate surface area is 339 Å². The molecule has 0 unspecified atom stereocenters. The lowest BCUT2D eigenvalue weighted by molar-refractivity contribution is 0.401. The summed E-state index contributed by atoms with van der Waals surface area (Å²) in [5, 5.41) is 4.08. The second kappa shape index (κ2) is 16.8. The molecule has 2 N–H and O–H groups in total. The fourth-order valence-corrected chi connectivity index (χ4v) is 10.5. The minimum absolute atomic E-state index is 0.0231. The molecule has 0 atom stereocenters. The first-order chi connectivity index (χ1) is 25.6. The normalized spacial score (nSPS) is 12.2. The number of thioether (sulfide) groups is 2. The molecule has 6 rings (SSSR count). The van der Waals surface area contributed by atoms with Crippen molar-refractivity contribution >= 4 is 46.2 Å². The van der Waals surface area contributed by atoms with E-state index < -0.39 is 6.04 Å². The van der Waals surface area contributed by atoms with Crippen LogP contribution in [0.5, 0.6) is 0 Å². The molecule has 0 radical (unpaired) electrons. The molecule has 0 aliphatic heterocycles. The average Bonchev–Trinajstić information content (AvgIpc) is 3.81. The fourth-order valence-electron chi connectivity index (χ4n) is 7.01. The summed E-state index contributed by atoms with van der Waals surface area (Å²) in [4.78, 5) is 20.2. The van der Waals surface area contributed by atoms with E-state index in [1.807, 2.05) is 23.2 Å². The summed E-state index contributed by atoms with van der Waals surface area (Å²) in [5.41, 5.74) is 23.9. The smallest absolute Gasteiger partial charge is 0.150 e. The van der Waals surface area contributed by atoms with Crippen molar-refractivity contribution < 1.29 is 0 Å². The number of pyridine rings is 2. The first kappa shape index (κ1) is 40.3. The van der Waals surface area contributed by atoms with Gasteiger partial charge in [0.15, 0.2) is 0 Å². The molecule has 0 amide bonds. The van der Waals surface area contributed by atoms with Crippen LogP contribution in [-0.4, -0.2) is 19.9 Å². The van der Waals surface area contributed by atoms with Gasteiger partial charge in [-0.3, -0.25) is 9.97 Å². The van der Waals surface area contributed by atoms with Crippen molar-refractivity contribution in [2.24, 2.45) is 16.6 Å². The number of rotatable bonds is 12. The summed E-state index contributed by atoms with van der Waals surface area (Å²) in [7, 11) is 0. The van der Waals surface area contributed by atoms with Crippen molar-refractivity contribution in [2.45, 2.75) is 108 Å². The molecule has 4 heterocycles. The number of hydrogen-bond acceptors (Lipinski definition) is 9. The van der Waals surface area contributed by atoms with Crippen LogP contribution in [0.25, 0.3) is 22.3 Å².